The summed E-state index contributed by atoms with van der Waals surface area (Å²) in [5, 5.41) is 0. The molecule has 1 aliphatic carbocycles. The summed E-state index contributed by atoms with van der Waals surface area (Å²) in [5.74, 6) is 0.325. The van der Waals surface area contributed by atoms with E-state index in [0.717, 1.165) is 24.0 Å². The van der Waals surface area contributed by atoms with Crippen molar-refractivity contribution in [3.05, 3.63) is 53.1 Å². The van der Waals surface area contributed by atoms with Crippen molar-refractivity contribution in [1.82, 2.24) is 0 Å². The molecule has 1 aromatic rings. The maximum Gasteiger partial charge on any atom is 0.170 e. The van der Waals surface area contributed by atoms with Gasteiger partial charge in [0.25, 0.3) is 0 Å². The maximum absolute atomic E-state index is 12.5. The van der Waals surface area contributed by atoms with E-state index in [1.165, 1.54) is 11.1 Å². The average Bonchev–Trinajstić information content (AvgIpc) is 2.69. The Bertz CT molecular complexity index is 494. The number of hydrogen-bond acceptors (Lipinski definition) is 1. The average molecular weight is 226 g/mol. The van der Waals surface area contributed by atoms with Crippen molar-refractivity contribution in [2.45, 2.75) is 26.7 Å². The number of Topliss-reactive ketones (excluding diaryl/α,β-unsaturated/α-hetero) is 1. The highest BCUT2D eigenvalue weighted by molar-refractivity contribution is 6.02. The van der Waals surface area contributed by atoms with Crippen molar-refractivity contribution in [2.75, 3.05) is 0 Å². The van der Waals surface area contributed by atoms with Crippen molar-refractivity contribution in [1.29, 1.82) is 0 Å². The van der Waals surface area contributed by atoms with Crippen LogP contribution in [0.25, 0.3) is 6.08 Å². The summed E-state index contributed by atoms with van der Waals surface area (Å²) in [4.78, 5) is 12.5. The molecule has 0 radical (unpaired) electrons. The van der Waals surface area contributed by atoms with Crippen LogP contribution in [0.2, 0.25) is 0 Å². The van der Waals surface area contributed by atoms with E-state index in [0.29, 0.717) is 0 Å². The Labute approximate surface area is 103 Å². The molecule has 0 saturated heterocycles. The second-order valence-corrected chi connectivity index (χ2v) is 4.71. The van der Waals surface area contributed by atoms with Crippen LogP contribution in [0.1, 0.15) is 42.6 Å². The van der Waals surface area contributed by atoms with Gasteiger partial charge in [-0.15, -0.1) is 0 Å². The minimum Gasteiger partial charge on any atom is -0.293 e. The Morgan fingerprint density at radius 2 is 2.06 bits per heavy atom. The monoisotopic (exact) mass is 226 g/mol. The van der Waals surface area contributed by atoms with Gasteiger partial charge >= 0.3 is 0 Å². The molecule has 0 saturated carbocycles. The Morgan fingerprint density at radius 3 is 2.65 bits per heavy atom. The second kappa shape index (κ2) is 4.70. The molecule has 1 atom stereocenters. The summed E-state index contributed by atoms with van der Waals surface area (Å²) >= 11 is 0. The maximum atomic E-state index is 12.5. The summed E-state index contributed by atoms with van der Waals surface area (Å²) in [7, 11) is 0. The van der Waals surface area contributed by atoms with E-state index in [-0.39, 0.29) is 11.7 Å². The normalized spacial score (nSPS) is 19.5. The van der Waals surface area contributed by atoms with Crippen LogP contribution in [0.5, 0.6) is 0 Å². The zero-order chi connectivity index (χ0) is 12.4. The number of benzene rings is 1. The van der Waals surface area contributed by atoms with Crippen LogP contribution >= 0.6 is 0 Å². The van der Waals surface area contributed by atoms with E-state index >= 15 is 0 Å². The van der Waals surface area contributed by atoms with Crippen LogP contribution in [0, 0.1) is 5.92 Å². The first-order valence-corrected chi connectivity index (χ1v) is 6.07. The lowest BCUT2D eigenvalue weighted by Gasteiger charge is -2.12. The summed E-state index contributed by atoms with van der Waals surface area (Å²) in [5.41, 5.74) is 4.38. The molecule has 0 fully saturated rings. The van der Waals surface area contributed by atoms with Crippen LogP contribution in [0.3, 0.4) is 0 Å². The first kappa shape index (κ1) is 11.8. The third kappa shape index (κ3) is 2.10. The van der Waals surface area contributed by atoms with E-state index in [4.69, 9.17) is 0 Å². The fourth-order valence-corrected chi connectivity index (χ4v) is 2.49. The second-order valence-electron chi connectivity index (χ2n) is 4.71. The highest BCUT2D eigenvalue weighted by Gasteiger charge is 2.28. The molecule has 0 heterocycles. The molecule has 0 N–H and O–H groups in total. The van der Waals surface area contributed by atoms with Gasteiger partial charge in [-0.2, -0.15) is 0 Å². The van der Waals surface area contributed by atoms with Gasteiger partial charge in [0.05, 0.1) is 0 Å². The third-order valence-electron chi connectivity index (χ3n) is 3.77. The van der Waals surface area contributed by atoms with Crippen molar-refractivity contribution in [2.24, 2.45) is 5.92 Å². The molecule has 0 aliphatic heterocycles. The minimum atomic E-state index is 0.0797. The van der Waals surface area contributed by atoms with E-state index in [9.17, 15) is 4.79 Å². The highest BCUT2D eigenvalue weighted by Crippen LogP contribution is 2.34. The molecular weight excluding hydrogens is 208 g/mol. The number of ketones is 1. The van der Waals surface area contributed by atoms with E-state index < -0.39 is 0 Å². The molecule has 0 aromatic heterocycles. The molecule has 1 nitrogen and oxygen atoms in total. The topological polar surface area (TPSA) is 17.1 Å². The van der Waals surface area contributed by atoms with Crippen molar-refractivity contribution in [3.63, 3.8) is 0 Å². The fraction of sp³-hybridized carbons (Fsp3) is 0.312. The molecule has 1 aromatic carbocycles. The molecule has 1 unspecified atom stereocenters. The van der Waals surface area contributed by atoms with Gasteiger partial charge in [-0.3, -0.25) is 4.79 Å². The molecular formula is C16H18O. The molecule has 17 heavy (non-hydrogen) atoms. The van der Waals surface area contributed by atoms with Gasteiger partial charge in [0.2, 0.25) is 0 Å². The molecule has 0 bridgehead atoms. The SMILES string of the molecule is C=Cc1ccccc1C(=O)C1CCC(C)=C1C. The number of carbonyl (C=O) groups excluding carboxylic acids is 1. The first-order valence-electron chi connectivity index (χ1n) is 6.07. The Balaban J connectivity index is 2.35. The van der Waals surface area contributed by atoms with Crippen LogP contribution in [0.15, 0.2) is 42.0 Å². The summed E-state index contributed by atoms with van der Waals surface area (Å²) in [6, 6.07) is 7.71. The fourth-order valence-electron chi connectivity index (χ4n) is 2.49. The Hall–Kier alpha value is -1.63. The van der Waals surface area contributed by atoms with E-state index in [1.54, 1.807) is 6.08 Å². The van der Waals surface area contributed by atoms with E-state index in [1.807, 2.05) is 24.3 Å². The lowest BCUT2D eigenvalue weighted by atomic mass is 9.90. The minimum absolute atomic E-state index is 0.0797. The third-order valence-corrected chi connectivity index (χ3v) is 3.77. The standard InChI is InChI=1S/C16H18O/c1-4-13-7-5-6-8-15(13)16(17)14-10-9-11(2)12(14)3/h4-8,14H,1,9-10H2,2-3H3. The van der Waals surface area contributed by atoms with Crippen LogP contribution in [-0.2, 0) is 0 Å². The summed E-state index contributed by atoms with van der Waals surface area (Å²) in [6.45, 7) is 7.98. The van der Waals surface area contributed by atoms with Gasteiger partial charge in [0, 0.05) is 11.5 Å². The van der Waals surface area contributed by atoms with Crippen LogP contribution < -0.4 is 0 Å². The van der Waals surface area contributed by atoms with E-state index in [2.05, 4.69) is 20.4 Å². The summed E-state index contributed by atoms with van der Waals surface area (Å²) in [6.07, 6.45) is 3.77. The van der Waals surface area contributed by atoms with Gasteiger partial charge in [0.1, 0.15) is 0 Å². The lowest BCUT2D eigenvalue weighted by Crippen LogP contribution is -2.14. The number of hydrogen-bond donors (Lipinski definition) is 0. The molecule has 1 aliphatic rings. The lowest BCUT2D eigenvalue weighted by molar-refractivity contribution is 0.0939. The molecule has 1 heteroatoms. The van der Waals surface area contributed by atoms with Gasteiger partial charge in [-0.05, 0) is 32.3 Å². The smallest absolute Gasteiger partial charge is 0.170 e. The van der Waals surface area contributed by atoms with Gasteiger partial charge in [-0.25, -0.2) is 0 Å². The predicted molar refractivity (Wildman–Crippen MR) is 72.0 cm³/mol. The highest BCUT2D eigenvalue weighted by atomic mass is 16.1. The number of carbonyl (C=O) groups is 1. The van der Waals surface area contributed by atoms with Crippen molar-refractivity contribution < 1.29 is 4.79 Å². The number of allylic oxidation sites excluding steroid dienone is 2. The van der Waals surface area contributed by atoms with Crippen molar-refractivity contribution in [3.8, 4) is 0 Å². The zero-order valence-corrected chi connectivity index (χ0v) is 10.5. The van der Waals surface area contributed by atoms with Crippen LogP contribution in [-0.4, -0.2) is 5.78 Å². The van der Waals surface area contributed by atoms with Crippen LogP contribution in [0.4, 0.5) is 0 Å². The molecule has 88 valence electrons. The first-order chi connectivity index (χ1) is 8.15. The van der Waals surface area contributed by atoms with Gasteiger partial charge < -0.3 is 0 Å². The quantitative estimate of drug-likeness (QED) is 0.556. The molecule has 0 spiro atoms. The van der Waals surface area contributed by atoms with Crippen molar-refractivity contribution >= 4 is 11.9 Å². The molecule has 0 amide bonds. The molecule has 2 rings (SSSR count). The Kier molecular flexibility index (Phi) is 3.28. The predicted octanol–water partition coefficient (Wildman–Crippen LogP) is 4.26. The van der Waals surface area contributed by atoms with Gasteiger partial charge in [-0.1, -0.05) is 48.1 Å². The Morgan fingerprint density at radius 1 is 1.35 bits per heavy atom. The van der Waals surface area contributed by atoms with Gasteiger partial charge in [0.15, 0.2) is 5.78 Å². The number of rotatable bonds is 3. The largest absolute Gasteiger partial charge is 0.293 e. The summed E-state index contributed by atoms with van der Waals surface area (Å²) < 4.78 is 0. The zero-order valence-electron chi connectivity index (χ0n) is 10.5.